The molecule has 28 heavy (non-hydrogen) atoms. The van der Waals surface area contributed by atoms with Crippen LogP contribution in [0, 0.1) is 0 Å². The average molecular weight is 379 g/mol. The molecule has 4 rings (SSSR count). The number of H-pyrrole nitrogens is 1. The first-order valence-electron chi connectivity index (χ1n) is 8.60. The van der Waals surface area contributed by atoms with Gasteiger partial charge in [-0.25, -0.2) is 4.98 Å². The standard InChI is InChI=1S/C19H17N5O4/c20-7-10-1-3-13-12(5-10)18(26)24-17(23-13)19(27)21-8-11-2-4-15-14(6-11)22-16(25)9-28-15/h1-6H,7-9,20H2,(H,21,27)(H,22,25)(H,23,24,26). The van der Waals surface area contributed by atoms with Crippen molar-refractivity contribution in [2.75, 3.05) is 11.9 Å². The fourth-order valence-electron chi connectivity index (χ4n) is 2.93. The minimum atomic E-state index is -0.514. The highest BCUT2D eigenvalue weighted by molar-refractivity contribution is 5.95. The van der Waals surface area contributed by atoms with Gasteiger partial charge in [-0.05, 0) is 35.4 Å². The predicted octanol–water partition coefficient (Wildman–Crippen LogP) is 0.643. The maximum absolute atomic E-state index is 12.4. The number of hydrogen-bond donors (Lipinski definition) is 4. The summed E-state index contributed by atoms with van der Waals surface area (Å²) in [7, 11) is 0. The summed E-state index contributed by atoms with van der Waals surface area (Å²) in [6, 6.07) is 10.3. The molecule has 1 aromatic heterocycles. The van der Waals surface area contributed by atoms with E-state index >= 15 is 0 Å². The molecule has 0 spiro atoms. The van der Waals surface area contributed by atoms with E-state index in [-0.39, 0.29) is 24.9 Å². The summed E-state index contributed by atoms with van der Waals surface area (Å²) >= 11 is 0. The lowest BCUT2D eigenvalue weighted by atomic mass is 10.1. The second-order valence-corrected chi connectivity index (χ2v) is 6.32. The van der Waals surface area contributed by atoms with E-state index in [1.165, 1.54) is 0 Å². The normalized spacial score (nSPS) is 12.8. The number of amides is 2. The largest absolute Gasteiger partial charge is 0.482 e. The molecule has 9 heteroatoms. The van der Waals surface area contributed by atoms with Crippen LogP contribution < -0.4 is 26.7 Å². The van der Waals surface area contributed by atoms with Crippen molar-refractivity contribution in [3.05, 3.63) is 63.7 Å². The Kier molecular flexibility index (Phi) is 4.50. The smallest absolute Gasteiger partial charge is 0.287 e. The first-order chi connectivity index (χ1) is 13.5. The lowest BCUT2D eigenvalue weighted by Gasteiger charge is -2.18. The summed E-state index contributed by atoms with van der Waals surface area (Å²) < 4.78 is 5.30. The molecule has 0 bridgehead atoms. The van der Waals surface area contributed by atoms with Gasteiger partial charge in [-0.3, -0.25) is 14.4 Å². The van der Waals surface area contributed by atoms with Crippen molar-refractivity contribution in [2.24, 2.45) is 5.73 Å². The zero-order chi connectivity index (χ0) is 19.7. The quantitative estimate of drug-likeness (QED) is 0.525. The fraction of sp³-hybridized carbons (Fsp3) is 0.158. The number of aromatic nitrogens is 2. The van der Waals surface area contributed by atoms with E-state index in [4.69, 9.17) is 10.5 Å². The molecule has 1 aliphatic heterocycles. The Hall–Kier alpha value is -3.72. The molecule has 2 aromatic carbocycles. The van der Waals surface area contributed by atoms with Crippen molar-refractivity contribution in [3.8, 4) is 5.75 Å². The Morgan fingerprint density at radius 1 is 1.18 bits per heavy atom. The van der Waals surface area contributed by atoms with Crippen molar-refractivity contribution < 1.29 is 14.3 Å². The number of nitrogens with two attached hydrogens (primary N) is 1. The van der Waals surface area contributed by atoms with Gasteiger partial charge < -0.3 is 26.1 Å². The number of carbonyl (C=O) groups is 2. The molecule has 0 aliphatic carbocycles. The number of rotatable bonds is 4. The van der Waals surface area contributed by atoms with Gasteiger partial charge in [0.2, 0.25) is 0 Å². The number of nitrogens with zero attached hydrogens (tertiary/aromatic N) is 1. The van der Waals surface area contributed by atoms with Crippen LogP contribution in [0.1, 0.15) is 21.7 Å². The molecular formula is C19H17N5O4. The number of fused-ring (bicyclic) bond motifs is 2. The molecule has 5 N–H and O–H groups in total. The van der Waals surface area contributed by atoms with Crippen molar-refractivity contribution in [1.29, 1.82) is 0 Å². The van der Waals surface area contributed by atoms with E-state index in [2.05, 4.69) is 20.6 Å². The Balaban J connectivity index is 1.52. The summed E-state index contributed by atoms with van der Waals surface area (Å²) in [4.78, 5) is 42.8. The van der Waals surface area contributed by atoms with Crippen LogP contribution in [0.5, 0.6) is 5.75 Å². The van der Waals surface area contributed by atoms with Gasteiger partial charge in [0.25, 0.3) is 17.4 Å². The van der Waals surface area contributed by atoms with Crippen LogP contribution in [0.25, 0.3) is 10.9 Å². The molecule has 1 aliphatic rings. The molecule has 0 fully saturated rings. The van der Waals surface area contributed by atoms with Gasteiger partial charge in [0, 0.05) is 13.1 Å². The van der Waals surface area contributed by atoms with E-state index in [0.717, 1.165) is 11.1 Å². The molecule has 2 heterocycles. The van der Waals surface area contributed by atoms with Gasteiger partial charge in [-0.2, -0.15) is 0 Å². The third-order valence-electron chi connectivity index (χ3n) is 4.35. The van der Waals surface area contributed by atoms with Crippen LogP contribution in [-0.4, -0.2) is 28.4 Å². The van der Waals surface area contributed by atoms with Crippen molar-refractivity contribution in [1.82, 2.24) is 15.3 Å². The Bertz CT molecular complexity index is 1150. The minimum absolute atomic E-state index is 0.0170. The maximum Gasteiger partial charge on any atom is 0.287 e. The SMILES string of the molecule is NCc1ccc2nc(C(=O)NCc3ccc4c(c3)NC(=O)CO4)[nH]c(=O)c2c1. The summed E-state index contributed by atoms with van der Waals surface area (Å²) in [5.74, 6) is -0.246. The van der Waals surface area contributed by atoms with Crippen molar-refractivity contribution in [3.63, 3.8) is 0 Å². The number of nitrogens with one attached hydrogen (secondary N) is 3. The highest BCUT2D eigenvalue weighted by Gasteiger charge is 2.16. The molecule has 0 saturated heterocycles. The number of hydrogen-bond acceptors (Lipinski definition) is 6. The molecule has 9 nitrogen and oxygen atoms in total. The topological polar surface area (TPSA) is 139 Å². The average Bonchev–Trinajstić information content (AvgIpc) is 2.71. The molecule has 142 valence electrons. The van der Waals surface area contributed by atoms with Crippen LogP contribution >= 0.6 is 0 Å². The molecular weight excluding hydrogens is 362 g/mol. The molecule has 0 unspecified atom stereocenters. The van der Waals surface area contributed by atoms with E-state index in [1.807, 2.05) is 0 Å². The highest BCUT2D eigenvalue weighted by atomic mass is 16.5. The second kappa shape index (κ2) is 7.12. The van der Waals surface area contributed by atoms with Gasteiger partial charge >= 0.3 is 0 Å². The monoisotopic (exact) mass is 379 g/mol. The van der Waals surface area contributed by atoms with Gasteiger partial charge in [0.1, 0.15) is 5.75 Å². The van der Waals surface area contributed by atoms with E-state index in [1.54, 1.807) is 36.4 Å². The van der Waals surface area contributed by atoms with Crippen LogP contribution in [0.2, 0.25) is 0 Å². The third kappa shape index (κ3) is 3.42. The van der Waals surface area contributed by atoms with E-state index in [9.17, 15) is 14.4 Å². The lowest BCUT2D eigenvalue weighted by Crippen LogP contribution is -2.28. The second-order valence-electron chi connectivity index (χ2n) is 6.32. The third-order valence-corrected chi connectivity index (χ3v) is 4.35. The predicted molar refractivity (Wildman–Crippen MR) is 102 cm³/mol. The summed E-state index contributed by atoms with van der Waals surface area (Å²) in [5, 5.41) is 5.79. The van der Waals surface area contributed by atoms with Crippen LogP contribution in [0.3, 0.4) is 0 Å². The lowest BCUT2D eigenvalue weighted by molar-refractivity contribution is -0.118. The molecule has 0 atom stereocenters. The number of benzene rings is 2. The van der Waals surface area contributed by atoms with Gasteiger partial charge in [-0.1, -0.05) is 12.1 Å². The first kappa shape index (κ1) is 17.7. The molecule has 2 amide bonds. The summed E-state index contributed by atoms with van der Waals surface area (Å²) in [5.41, 5.74) is 7.71. The fourth-order valence-corrected chi connectivity index (χ4v) is 2.93. The zero-order valence-electron chi connectivity index (χ0n) is 14.7. The van der Waals surface area contributed by atoms with Crippen LogP contribution in [-0.2, 0) is 17.9 Å². The molecule has 0 radical (unpaired) electrons. The van der Waals surface area contributed by atoms with Gasteiger partial charge in [0.15, 0.2) is 12.4 Å². The van der Waals surface area contributed by atoms with E-state index < -0.39 is 11.5 Å². The van der Waals surface area contributed by atoms with Gasteiger partial charge in [-0.15, -0.1) is 0 Å². The van der Waals surface area contributed by atoms with E-state index in [0.29, 0.717) is 28.9 Å². The maximum atomic E-state index is 12.4. The Labute approximate surface area is 158 Å². The van der Waals surface area contributed by atoms with Crippen molar-refractivity contribution in [2.45, 2.75) is 13.1 Å². The Morgan fingerprint density at radius 3 is 2.82 bits per heavy atom. The highest BCUT2D eigenvalue weighted by Crippen LogP contribution is 2.28. The first-order valence-corrected chi connectivity index (χ1v) is 8.60. The Morgan fingerprint density at radius 2 is 2.00 bits per heavy atom. The van der Waals surface area contributed by atoms with Gasteiger partial charge in [0.05, 0.1) is 16.6 Å². The summed E-state index contributed by atoms with van der Waals surface area (Å²) in [6.07, 6.45) is 0. The molecule has 0 saturated carbocycles. The zero-order valence-corrected chi connectivity index (χ0v) is 14.7. The number of anilines is 1. The van der Waals surface area contributed by atoms with Crippen LogP contribution in [0.15, 0.2) is 41.2 Å². The minimum Gasteiger partial charge on any atom is -0.482 e. The van der Waals surface area contributed by atoms with Crippen LogP contribution in [0.4, 0.5) is 5.69 Å². The number of aromatic amines is 1. The van der Waals surface area contributed by atoms with Crippen molar-refractivity contribution >= 4 is 28.4 Å². The molecule has 3 aromatic rings. The number of carbonyl (C=O) groups excluding carboxylic acids is 2. The number of ether oxygens (including phenoxy) is 1. The summed E-state index contributed by atoms with van der Waals surface area (Å²) in [6.45, 7) is 0.483.